The van der Waals surface area contributed by atoms with Crippen molar-refractivity contribution >= 4 is 54.1 Å². The lowest BCUT2D eigenvalue weighted by atomic mass is 9.91. The topological polar surface area (TPSA) is 172 Å². The van der Waals surface area contributed by atoms with Crippen LogP contribution in [0.15, 0.2) is 0 Å². The third-order valence-corrected chi connectivity index (χ3v) is 4.01. The maximum Gasteiger partial charge on any atom is 0.326 e. The number of rotatable bonds is 5. The maximum atomic E-state index is 10.7. The highest BCUT2D eigenvalue weighted by Gasteiger charge is 2.33. The fourth-order valence-corrected chi connectivity index (χ4v) is 3.12. The summed E-state index contributed by atoms with van der Waals surface area (Å²) in [5, 5.41) is 8.98. The Morgan fingerprint density at radius 2 is 1.59 bits per heavy atom. The van der Waals surface area contributed by atoms with Crippen LogP contribution in [0.1, 0.15) is 13.3 Å². The molecule has 0 aliphatic carbocycles. The molecule has 0 aromatic carbocycles. The highest BCUT2D eigenvalue weighted by atomic mass is 128. The van der Waals surface area contributed by atoms with Gasteiger partial charge in [-0.3, -0.25) is 4.57 Å². The Kier molecular flexibility index (Phi) is 29.4. The predicted octanol–water partition coefficient (Wildman–Crippen LogP) is -0.275. The van der Waals surface area contributed by atoms with Gasteiger partial charge in [-0.05, 0) is 12.6 Å². The summed E-state index contributed by atoms with van der Waals surface area (Å²) in [6, 6.07) is 0. The first kappa shape index (κ1) is 31.3. The van der Waals surface area contributed by atoms with Crippen molar-refractivity contribution in [2.24, 2.45) is 5.41 Å². The molecule has 0 saturated heterocycles. The van der Waals surface area contributed by atoms with E-state index in [1.165, 1.54) is 0 Å². The van der Waals surface area contributed by atoms with Gasteiger partial charge < -0.3 is 31.3 Å². The van der Waals surface area contributed by atoms with Crippen LogP contribution < -0.4 is 0 Å². The average Bonchev–Trinajstić information content (AvgIpc) is 2.16. The second-order valence-electron chi connectivity index (χ2n) is 3.04. The minimum absolute atomic E-state index is 0. The first-order valence-corrected chi connectivity index (χ1v) is 12.8. The fraction of sp³-hybridized carbons (Fsp3) is 1.00. The molecule has 0 aliphatic rings. The molecule has 0 radical (unpaired) electrons. The Morgan fingerprint density at radius 3 is 1.65 bits per heavy atom. The summed E-state index contributed by atoms with van der Waals surface area (Å²) in [5.41, 5.74) is -0.635. The van der Waals surface area contributed by atoms with E-state index in [4.69, 9.17) is 14.9 Å². The predicted molar refractivity (Wildman–Crippen MR) is 90.2 cm³/mol. The highest BCUT2D eigenvalue weighted by Crippen LogP contribution is 2.43. The third kappa shape index (κ3) is 15.8. The molecule has 7 nitrogen and oxygen atoms in total. The monoisotopic (exact) mass is 522 g/mol. The van der Waals surface area contributed by atoms with Gasteiger partial charge >= 0.3 is 7.60 Å². The molecule has 112 valence electrons. The number of aliphatic hydroxyl groups excluding tert-OH is 1. The summed E-state index contributed by atoms with van der Waals surface area (Å²) in [7, 11) is -1.60. The van der Waals surface area contributed by atoms with Gasteiger partial charge in [0.15, 0.2) is 0 Å². The summed E-state index contributed by atoms with van der Waals surface area (Å²) >= 11 is 4.24. The van der Waals surface area contributed by atoms with Gasteiger partial charge in [-0.15, -0.1) is 9.24 Å². The van der Waals surface area contributed by atoms with Gasteiger partial charge in [0.05, 0.1) is 6.16 Å². The quantitative estimate of drug-likeness (QED) is 0.334. The first-order chi connectivity index (χ1) is 6.39. The van der Waals surface area contributed by atoms with Crippen LogP contribution in [0.25, 0.3) is 0 Å². The van der Waals surface area contributed by atoms with Gasteiger partial charge in [-0.2, -0.15) is 0 Å². The zero-order valence-corrected chi connectivity index (χ0v) is 15.7. The molecule has 0 aliphatic heterocycles. The lowest BCUT2D eigenvalue weighted by molar-refractivity contribution is 0.155. The van der Waals surface area contributed by atoms with Crippen molar-refractivity contribution in [3.05, 3.63) is 0 Å². The summed E-state index contributed by atoms with van der Waals surface area (Å²) in [5.74, 6) is 0. The van der Waals surface area contributed by atoms with E-state index in [9.17, 15) is 4.57 Å². The van der Waals surface area contributed by atoms with E-state index in [1.807, 2.05) is 6.92 Å². The SMILES string of the molecule is CCC(CO)(CP)CP(=O)(O)O.II.O.O.O. The van der Waals surface area contributed by atoms with Crippen molar-refractivity contribution in [2.45, 2.75) is 13.3 Å². The molecule has 0 rings (SSSR count). The van der Waals surface area contributed by atoms with E-state index >= 15 is 0 Å². The molecule has 0 bridgehead atoms. The van der Waals surface area contributed by atoms with E-state index < -0.39 is 13.0 Å². The number of hydrogen-bond acceptors (Lipinski definition) is 2. The van der Waals surface area contributed by atoms with Crippen LogP contribution in [0.3, 0.4) is 0 Å². The van der Waals surface area contributed by atoms with E-state index in [2.05, 4.69) is 46.5 Å². The highest BCUT2D eigenvalue weighted by molar-refractivity contribution is 15.0. The molecule has 0 fully saturated rings. The molecule has 0 saturated carbocycles. The third-order valence-electron chi connectivity index (χ3n) is 2.06. The molecule has 17 heavy (non-hydrogen) atoms. The van der Waals surface area contributed by atoms with Crippen LogP contribution in [0.4, 0.5) is 0 Å². The normalized spacial score (nSPS) is 12.6. The molecule has 9 N–H and O–H groups in total. The van der Waals surface area contributed by atoms with Crippen molar-refractivity contribution in [1.29, 1.82) is 0 Å². The van der Waals surface area contributed by atoms with E-state index in [0.717, 1.165) is 0 Å². The molecule has 2 unspecified atom stereocenters. The van der Waals surface area contributed by atoms with Gasteiger partial charge in [0, 0.05) is 49.3 Å². The van der Waals surface area contributed by atoms with Crippen LogP contribution in [-0.2, 0) is 4.57 Å². The van der Waals surface area contributed by atoms with Crippen molar-refractivity contribution in [3.63, 3.8) is 0 Å². The summed E-state index contributed by atoms with van der Waals surface area (Å²) in [6.45, 7) is 1.63. The smallest absolute Gasteiger partial charge is 0.326 e. The zero-order chi connectivity index (χ0) is 11.8. The van der Waals surface area contributed by atoms with Crippen LogP contribution >= 0.6 is 54.1 Å². The number of halogens is 2. The lowest BCUT2D eigenvalue weighted by Gasteiger charge is -2.29. The molecule has 11 heteroatoms. The molecule has 0 aromatic rings. The molecule has 0 heterocycles. The lowest BCUT2D eigenvalue weighted by Crippen LogP contribution is -2.30. The van der Waals surface area contributed by atoms with E-state index in [1.54, 1.807) is 0 Å². The zero-order valence-electron chi connectivity index (χ0n) is 9.36. The van der Waals surface area contributed by atoms with Crippen molar-refractivity contribution < 1.29 is 35.9 Å². The second-order valence-corrected chi connectivity index (χ2v) is 5.09. The standard InChI is InChI=1S/C6H16O4P2.I2.3H2O/c1-2-6(3-7,4-11)5-12(8,9)10;1-2;;;/h7H,2-5,11H2,1H3,(H2,8,9,10);;3*1H2. The molecular formula is C6H22I2O7P2. The van der Waals surface area contributed by atoms with Crippen LogP contribution in [-0.4, -0.2) is 50.3 Å². The minimum Gasteiger partial charge on any atom is -0.412 e. The molecule has 0 amide bonds. The molecule has 0 spiro atoms. The molecular weight excluding hydrogens is 500 g/mol. The van der Waals surface area contributed by atoms with Gasteiger partial charge in [-0.25, -0.2) is 0 Å². The Labute approximate surface area is 127 Å². The van der Waals surface area contributed by atoms with Crippen molar-refractivity contribution in [3.8, 4) is 0 Å². The van der Waals surface area contributed by atoms with Crippen LogP contribution in [0.5, 0.6) is 0 Å². The average molecular weight is 522 g/mol. The van der Waals surface area contributed by atoms with Crippen LogP contribution in [0.2, 0.25) is 0 Å². The Balaban J connectivity index is -0.0000000907. The number of hydrogen-bond donors (Lipinski definition) is 3. The van der Waals surface area contributed by atoms with E-state index in [0.29, 0.717) is 12.6 Å². The maximum absolute atomic E-state index is 10.7. The van der Waals surface area contributed by atoms with E-state index in [-0.39, 0.29) is 29.2 Å². The summed E-state index contributed by atoms with van der Waals surface area (Å²) < 4.78 is 10.7. The minimum atomic E-state index is -4.01. The second kappa shape index (κ2) is 15.9. The summed E-state index contributed by atoms with van der Waals surface area (Å²) in [4.78, 5) is 17.5. The number of aliphatic hydroxyl groups is 1. The van der Waals surface area contributed by atoms with Crippen LogP contribution in [0, 0.1) is 5.41 Å². The van der Waals surface area contributed by atoms with Gasteiger partial charge in [0.1, 0.15) is 0 Å². The van der Waals surface area contributed by atoms with Crippen molar-refractivity contribution in [2.75, 3.05) is 18.9 Å². The largest absolute Gasteiger partial charge is 0.412 e. The first-order valence-electron chi connectivity index (χ1n) is 3.89. The van der Waals surface area contributed by atoms with Crippen molar-refractivity contribution in [1.82, 2.24) is 0 Å². The Bertz CT molecular complexity index is 177. The van der Waals surface area contributed by atoms with Gasteiger partial charge in [-0.1, -0.05) is 6.92 Å². The Morgan fingerprint density at radius 1 is 1.24 bits per heavy atom. The fourth-order valence-electron chi connectivity index (χ4n) is 0.984. The van der Waals surface area contributed by atoms with Gasteiger partial charge in [0.25, 0.3) is 0 Å². The van der Waals surface area contributed by atoms with Gasteiger partial charge in [0.2, 0.25) is 0 Å². The Hall–Kier alpha value is 1.88. The molecule has 0 aromatic heterocycles. The molecule has 2 atom stereocenters. The summed E-state index contributed by atoms with van der Waals surface area (Å²) in [6.07, 6.45) is 0.833.